The van der Waals surface area contributed by atoms with Crippen LogP contribution in [0, 0.1) is 0 Å². The van der Waals surface area contributed by atoms with E-state index >= 15 is 0 Å². The highest BCUT2D eigenvalue weighted by Crippen LogP contribution is 2.17. The largest absolute Gasteiger partial charge is 0.369 e. The van der Waals surface area contributed by atoms with E-state index in [1.807, 2.05) is 23.1 Å². The van der Waals surface area contributed by atoms with Gasteiger partial charge in [0.2, 0.25) is 11.9 Å². The molecule has 2 heterocycles. The monoisotopic (exact) mass is 369 g/mol. The van der Waals surface area contributed by atoms with Gasteiger partial charge in [0.05, 0.1) is 0 Å². The molecule has 0 spiro atoms. The van der Waals surface area contributed by atoms with Gasteiger partial charge in [0.25, 0.3) is 5.56 Å². The van der Waals surface area contributed by atoms with Crippen LogP contribution in [0.1, 0.15) is 37.7 Å². The van der Waals surface area contributed by atoms with Crippen LogP contribution in [-0.4, -0.2) is 35.0 Å². The summed E-state index contributed by atoms with van der Waals surface area (Å²) in [4.78, 5) is 32.3. The summed E-state index contributed by atoms with van der Waals surface area (Å²) in [6.07, 6.45) is 5.17. The molecule has 3 rings (SSSR count). The number of nitrogen functional groups attached to an aromatic ring is 1. The molecular weight excluding hydrogens is 342 g/mol. The average molecular weight is 369 g/mol. The highest BCUT2D eigenvalue weighted by molar-refractivity contribution is 5.76. The quantitative estimate of drug-likeness (QED) is 0.646. The van der Waals surface area contributed by atoms with E-state index in [4.69, 9.17) is 5.73 Å². The molecule has 1 amide bonds. The molecule has 0 saturated carbocycles. The lowest BCUT2D eigenvalue weighted by Crippen LogP contribution is -2.45. The SMILES string of the molecule is Nc1nc(N2CCC(NC(=O)CCCCc3ccccc3)CC2)cc(=O)[nH]1. The Morgan fingerprint density at radius 2 is 1.96 bits per heavy atom. The molecule has 1 aromatic carbocycles. The lowest BCUT2D eigenvalue weighted by atomic mass is 10.0. The summed E-state index contributed by atoms with van der Waals surface area (Å²) in [5, 5.41) is 3.13. The summed E-state index contributed by atoms with van der Waals surface area (Å²) in [7, 11) is 0. The molecule has 0 unspecified atom stereocenters. The molecule has 1 aliphatic rings. The molecule has 1 saturated heterocycles. The number of benzene rings is 1. The summed E-state index contributed by atoms with van der Waals surface area (Å²) in [6.45, 7) is 1.49. The molecule has 0 aliphatic carbocycles. The van der Waals surface area contributed by atoms with E-state index in [2.05, 4.69) is 27.4 Å². The number of anilines is 2. The van der Waals surface area contributed by atoms with Crippen molar-refractivity contribution in [2.24, 2.45) is 0 Å². The standard InChI is InChI=1S/C20H27N5O2/c21-20-23-17(14-19(27)24-20)25-12-10-16(11-13-25)22-18(26)9-5-4-8-15-6-2-1-3-7-15/h1-3,6-7,14,16H,4-5,8-13H2,(H,22,26)(H3,21,23,24,27). The van der Waals surface area contributed by atoms with Crippen molar-refractivity contribution < 1.29 is 4.79 Å². The number of unbranched alkanes of at least 4 members (excludes halogenated alkanes) is 1. The zero-order chi connectivity index (χ0) is 19.1. The number of piperidine rings is 1. The second kappa shape index (κ2) is 9.21. The van der Waals surface area contributed by atoms with Gasteiger partial charge in [-0.05, 0) is 37.7 Å². The smallest absolute Gasteiger partial charge is 0.254 e. The molecule has 0 radical (unpaired) electrons. The Hall–Kier alpha value is -2.83. The van der Waals surface area contributed by atoms with Gasteiger partial charge in [0, 0.05) is 31.6 Å². The summed E-state index contributed by atoms with van der Waals surface area (Å²) in [6, 6.07) is 12.0. The van der Waals surface area contributed by atoms with Crippen LogP contribution in [-0.2, 0) is 11.2 Å². The number of nitrogens with one attached hydrogen (secondary N) is 2. The van der Waals surface area contributed by atoms with Crippen molar-refractivity contribution in [2.45, 2.75) is 44.6 Å². The number of aryl methyl sites for hydroxylation is 1. The van der Waals surface area contributed by atoms with E-state index < -0.39 is 0 Å². The number of nitrogens with two attached hydrogens (primary N) is 1. The van der Waals surface area contributed by atoms with Crippen molar-refractivity contribution in [3.05, 3.63) is 52.3 Å². The third kappa shape index (κ3) is 5.84. The van der Waals surface area contributed by atoms with Gasteiger partial charge >= 0.3 is 0 Å². The van der Waals surface area contributed by atoms with Crippen LogP contribution in [0.15, 0.2) is 41.2 Å². The minimum atomic E-state index is -0.247. The maximum atomic E-state index is 12.2. The lowest BCUT2D eigenvalue weighted by Gasteiger charge is -2.33. The Kier molecular flexibility index (Phi) is 6.46. The van der Waals surface area contributed by atoms with Gasteiger partial charge in [-0.25, -0.2) is 0 Å². The topological polar surface area (TPSA) is 104 Å². The Morgan fingerprint density at radius 3 is 2.67 bits per heavy atom. The number of amides is 1. The number of aromatic amines is 1. The van der Waals surface area contributed by atoms with E-state index in [0.29, 0.717) is 12.2 Å². The number of hydrogen-bond acceptors (Lipinski definition) is 5. The number of nitrogens with zero attached hydrogens (tertiary/aromatic N) is 2. The summed E-state index contributed by atoms with van der Waals surface area (Å²) in [5.41, 5.74) is 6.68. The first kappa shape index (κ1) is 18.9. The van der Waals surface area contributed by atoms with Crippen molar-refractivity contribution in [2.75, 3.05) is 23.7 Å². The molecular formula is C20H27N5O2. The average Bonchev–Trinajstić information content (AvgIpc) is 2.66. The Balaban J connectivity index is 1.36. The molecule has 1 aliphatic heterocycles. The number of carbonyl (C=O) groups excluding carboxylic acids is 1. The van der Waals surface area contributed by atoms with E-state index in [9.17, 15) is 9.59 Å². The van der Waals surface area contributed by atoms with Gasteiger partial charge in [-0.15, -0.1) is 0 Å². The fraction of sp³-hybridized carbons (Fsp3) is 0.450. The summed E-state index contributed by atoms with van der Waals surface area (Å²) in [5.74, 6) is 0.852. The third-order valence-corrected chi connectivity index (χ3v) is 4.89. The lowest BCUT2D eigenvalue weighted by molar-refractivity contribution is -0.122. The fourth-order valence-corrected chi connectivity index (χ4v) is 3.44. The molecule has 144 valence electrons. The molecule has 7 heteroatoms. The number of hydrogen-bond donors (Lipinski definition) is 3. The first-order valence-corrected chi connectivity index (χ1v) is 9.55. The van der Waals surface area contributed by atoms with Crippen LogP contribution in [0.5, 0.6) is 0 Å². The second-order valence-electron chi connectivity index (χ2n) is 7.01. The van der Waals surface area contributed by atoms with Gasteiger partial charge in [-0.3, -0.25) is 14.6 Å². The van der Waals surface area contributed by atoms with Crippen LogP contribution in [0.25, 0.3) is 0 Å². The number of rotatable bonds is 7. The van der Waals surface area contributed by atoms with Crippen LogP contribution in [0.4, 0.5) is 11.8 Å². The molecule has 1 aromatic heterocycles. The van der Waals surface area contributed by atoms with E-state index in [1.54, 1.807) is 0 Å². The van der Waals surface area contributed by atoms with Crippen LogP contribution < -0.4 is 21.5 Å². The van der Waals surface area contributed by atoms with Gasteiger partial charge in [0.15, 0.2) is 0 Å². The maximum Gasteiger partial charge on any atom is 0.254 e. The second-order valence-corrected chi connectivity index (χ2v) is 7.01. The molecule has 1 fully saturated rings. The van der Waals surface area contributed by atoms with Crippen LogP contribution in [0.3, 0.4) is 0 Å². The Morgan fingerprint density at radius 1 is 1.22 bits per heavy atom. The molecule has 0 bridgehead atoms. The highest BCUT2D eigenvalue weighted by Gasteiger charge is 2.21. The van der Waals surface area contributed by atoms with Crippen molar-refractivity contribution in [3.8, 4) is 0 Å². The van der Waals surface area contributed by atoms with Crippen molar-refractivity contribution >= 4 is 17.7 Å². The van der Waals surface area contributed by atoms with Gasteiger partial charge in [0.1, 0.15) is 5.82 Å². The van der Waals surface area contributed by atoms with E-state index in [1.165, 1.54) is 11.6 Å². The van der Waals surface area contributed by atoms with Crippen LogP contribution in [0.2, 0.25) is 0 Å². The summed E-state index contributed by atoms with van der Waals surface area (Å²) < 4.78 is 0. The molecule has 4 N–H and O–H groups in total. The zero-order valence-electron chi connectivity index (χ0n) is 15.5. The third-order valence-electron chi connectivity index (χ3n) is 4.89. The molecule has 0 atom stereocenters. The van der Waals surface area contributed by atoms with Crippen molar-refractivity contribution in [3.63, 3.8) is 0 Å². The van der Waals surface area contributed by atoms with Gasteiger partial charge in [-0.1, -0.05) is 30.3 Å². The van der Waals surface area contributed by atoms with Gasteiger partial charge in [-0.2, -0.15) is 4.98 Å². The first-order chi connectivity index (χ1) is 13.1. The Bertz CT molecular complexity index is 798. The van der Waals surface area contributed by atoms with Crippen LogP contribution >= 0.6 is 0 Å². The molecule has 2 aromatic rings. The normalized spacial score (nSPS) is 14.9. The Labute approximate surface area is 159 Å². The van der Waals surface area contributed by atoms with Crippen molar-refractivity contribution in [1.82, 2.24) is 15.3 Å². The van der Waals surface area contributed by atoms with E-state index in [0.717, 1.165) is 45.2 Å². The minimum Gasteiger partial charge on any atom is -0.369 e. The zero-order valence-corrected chi connectivity index (χ0v) is 15.5. The minimum absolute atomic E-state index is 0.125. The van der Waals surface area contributed by atoms with Gasteiger partial charge < -0.3 is 16.0 Å². The first-order valence-electron chi connectivity index (χ1n) is 9.55. The number of aromatic nitrogens is 2. The highest BCUT2D eigenvalue weighted by atomic mass is 16.1. The number of carbonyl (C=O) groups is 1. The molecule has 7 nitrogen and oxygen atoms in total. The number of H-pyrrole nitrogens is 1. The predicted molar refractivity (Wildman–Crippen MR) is 107 cm³/mol. The van der Waals surface area contributed by atoms with E-state index in [-0.39, 0.29) is 23.5 Å². The predicted octanol–water partition coefficient (Wildman–Crippen LogP) is 1.85. The maximum absolute atomic E-state index is 12.2. The van der Waals surface area contributed by atoms with Crippen molar-refractivity contribution in [1.29, 1.82) is 0 Å². The summed E-state index contributed by atoms with van der Waals surface area (Å²) >= 11 is 0. The molecule has 27 heavy (non-hydrogen) atoms. The fourth-order valence-electron chi connectivity index (χ4n) is 3.44.